The highest BCUT2D eigenvalue weighted by Gasteiger charge is 2.22. The standard InChI is InChI=1S/C24H22ClN3O4S2/c1-32-19-5-7-20(8-6-19)34(30,31)14-2-3-23(29)28(16-17-10-12-26-13-11-17)24-27-21-9-4-18(25)15-22(21)33-24/h4-13,15H,2-3,14,16H2,1H3. The molecular weight excluding hydrogens is 494 g/mol. The number of anilines is 1. The number of carbonyl (C=O) groups is 1. The molecule has 0 unspecified atom stereocenters. The van der Waals surface area contributed by atoms with E-state index in [-0.39, 0.29) is 29.4 Å². The van der Waals surface area contributed by atoms with E-state index in [1.54, 1.807) is 35.5 Å². The number of carbonyl (C=O) groups excluding carboxylic acids is 1. The van der Waals surface area contributed by atoms with Crippen LogP contribution in [0.3, 0.4) is 0 Å². The molecule has 0 bridgehead atoms. The fourth-order valence-corrected chi connectivity index (χ4v) is 5.95. The van der Waals surface area contributed by atoms with E-state index in [1.165, 1.54) is 30.6 Å². The number of aromatic nitrogens is 2. The van der Waals surface area contributed by atoms with E-state index in [1.807, 2.05) is 24.3 Å². The fourth-order valence-electron chi connectivity index (χ4n) is 3.38. The second-order valence-electron chi connectivity index (χ2n) is 7.54. The van der Waals surface area contributed by atoms with Gasteiger partial charge in [0.05, 0.1) is 34.5 Å². The summed E-state index contributed by atoms with van der Waals surface area (Å²) in [6.07, 6.45) is 3.59. The van der Waals surface area contributed by atoms with Crippen LogP contribution in [0.1, 0.15) is 18.4 Å². The molecule has 0 aliphatic carbocycles. The Morgan fingerprint density at radius 2 is 1.82 bits per heavy atom. The number of sulfone groups is 1. The Hall–Kier alpha value is -3.01. The second kappa shape index (κ2) is 10.5. The normalized spacial score (nSPS) is 11.5. The average Bonchev–Trinajstić information content (AvgIpc) is 3.25. The van der Waals surface area contributed by atoms with Gasteiger partial charge in [0.15, 0.2) is 15.0 Å². The fraction of sp³-hybridized carbons (Fsp3) is 0.208. The molecule has 0 saturated heterocycles. The molecule has 4 rings (SSSR count). The number of nitrogens with zero attached hydrogens (tertiary/aromatic N) is 3. The lowest BCUT2D eigenvalue weighted by Gasteiger charge is -2.20. The van der Waals surface area contributed by atoms with E-state index >= 15 is 0 Å². The number of fused-ring (bicyclic) bond motifs is 1. The highest BCUT2D eigenvalue weighted by molar-refractivity contribution is 7.91. The molecule has 176 valence electrons. The van der Waals surface area contributed by atoms with E-state index in [2.05, 4.69) is 9.97 Å². The summed E-state index contributed by atoms with van der Waals surface area (Å²) in [7, 11) is -2.00. The topological polar surface area (TPSA) is 89.5 Å². The minimum atomic E-state index is -3.52. The van der Waals surface area contributed by atoms with Gasteiger partial charge in [0.25, 0.3) is 0 Å². The van der Waals surface area contributed by atoms with Crippen molar-refractivity contribution >= 4 is 54.0 Å². The summed E-state index contributed by atoms with van der Waals surface area (Å²) in [6, 6.07) is 15.3. The van der Waals surface area contributed by atoms with Gasteiger partial charge in [-0.05, 0) is 66.6 Å². The summed E-state index contributed by atoms with van der Waals surface area (Å²) >= 11 is 7.48. The van der Waals surface area contributed by atoms with E-state index in [9.17, 15) is 13.2 Å². The Labute approximate surface area is 206 Å². The molecule has 0 saturated carbocycles. The minimum absolute atomic E-state index is 0.0666. The average molecular weight is 516 g/mol. The molecule has 0 fully saturated rings. The van der Waals surface area contributed by atoms with Crippen LogP contribution in [-0.2, 0) is 21.2 Å². The van der Waals surface area contributed by atoms with Gasteiger partial charge in [-0.25, -0.2) is 13.4 Å². The Balaban J connectivity index is 1.50. The van der Waals surface area contributed by atoms with Crippen molar-refractivity contribution in [3.05, 3.63) is 77.6 Å². The highest BCUT2D eigenvalue weighted by Crippen LogP contribution is 2.32. The van der Waals surface area contributed by atoms with Crippen LogP contribution in [0, 0.1) is 0 Å². The van der Waals surface area contributed by atoms with E-state index in [0.29, 0.717) is 22.4 Å². The number of rotatable bonds is 9. The summed E-state index contributed by atoms with van der Waals surface area (Å²) in [6.45, 7) is 0.306. The monoisotopic (exact) mass is 515 g/mol. The molecule has 0 aliphatic heterocycles. The van der Waals surface area contributed by atoms with Crippen molar-refractivity contribution in [2.75, 3.05) is 17.8 Å². The number of hydrogen-bond acceptors (Lipinski definition) is 7. The van der Waals surface area contributed by atoms with Gasteiger partial charge < -0.3 is 4.74 Å². The summed E-state index contributed by atoms with van der Waals surface area (Å²) in [5.41, 5.74) is 1.64. The van der Waals surface area contributed by atoms with Gasteiger partial charge in [-0.15, -0.1) is 0 Å². The SMILES string of the molecule is COc1ccc(S(=O)(=O)CCCC(=O)N(Cc2ccncc2)c2nc3ccc(Cl)cc3s2)cc1. The maximum atomic E-state index is 13.2. The Morgan fingerprint density at radius 3 is 2.53 bits per heavy atom. The molecule has 10 heteroatoms. The molecule has 7 nitrogen and oxygen atoms in total. The Kier molecular flexibility index (Phi) is 7.45. The van der Waals surface area contributed by atoms with E-state index in [0.717, 1.165) is 15.8 Å². The largest absolute Gasteiger partial charge is 0.497 e. The number of benzene rings is 2. The van der Waals surface area contributed by atoms with Crippen molar-refractivity contribution in [3.8, 4) is 5.75 Å². The molecule has 2 aromatic heterocycles. The van der Waals surface area contributed by atoms with Crippen LogP contribution in [0.25, 0.3) is 10.2 Å². The highest BCUT2D eigenvalue weighted by atomic mass is 35.5. The third-order valence-corrected chi connectivity index (χ3v) is 8.28. The van der Waals surface area contributed by atoms with Crippen LogP contribution in [0.5, 0.6) is 5.75 Å². The van der Waals surface area contributed by atoms with Gasteiger partial charge in [-0.3, -0.25) is 14.7 Å². The lowest BCUT2D eigenvalue weighted by Crippen LogP contribution is -2.30. The van der Waals surface area contributed by atoms with Gasteiger partial charge in [-0.1, -0.05) is 22.9 Å². The maximum absolute atomic E-state index is 13.2. The van der Waals surface area contributed by atoms with Crippen LogP contribution in [0.15, 0.2) is 71.9 Å². The van der Waals surface area contributed by atoms with Crippen molar-refractivity contribution in [2.24, 2.45) is 0 Å². The van der Waals surface area contributed by atoms with Crippen LogP contribution in [-0.4, -0.2) is 37.2 Å². The zero-order valence-corrected chi connectivity index (χ0v) is 20.7. The van der Waals surface area contributed by atoms with Gasteiger partial charge >= 0.3 is 0 Å². The van der Waals surface area contributed by atoms with Gasteiger partial charge in [0.1, 0.15) is 5.75 Å². The number of thiazole rings is 1. The Morgan fingerprint density at radius 1 is 1.09 bits per heavy atom. The first-order valence-corrected chi connectivity index (χ1v) is 13.3. The minimum Gasteiger partial charge on any atom is -0.497 e. The predicted octanol–water partition coefficient (Wildman–Crippen LogP) is 5.14. The maximum Gasteiger partial charge on any atom is 0.229 e. The second-order valence-corrected chi connectivity index (χ2v) is 11.1. The zero-order valence-electron chi connectivity index (χ0n) is 18.3. The molecule has 2 aromatic carbocycles. The first-order valence-electron chi connectivity index (χ1n) is 10.5. The molecule has 0 N–H and O–H groups in total. The van der Waals surface area contributed by atoms with Crippen molar-refractivity contribution in [3.63, 3.8) is 0 Å². The molecule has 1 amide bonds. The Bertz CT molecular complexity index is 1390. The van der Waals surface area contributed by atoms with Crippen molar-refractivity contribution < 1.29 is 17.9 Å². The molecule has 2 heterocycles. The van der Waals surface area contributed by atoms with Crippen LogP contribution in [0.2, 0.25) is 5.02 Å². The van der Waals surface area contributed by atoms with Gasteiger partial charge in [-0.2, -0.15) is 0 Å². The van der Waals surface area contributed by atoms with Crippen molar-refractivity contribution in [2.45, 2.75) is 24.3 Å². The molecule has 0 aliphatic rings. The molecule has 0 radical (unpaired) electrons. The number of ether oxygens (including phenoxy) is 1. The number of methoxy groups -OCH3 is 1. The third-order valence-electron chi connectivity index (χ3n) is 5.18. The van der Waals surface area contributed by atoms with Crippen molar-refractivity contribution in [1.82, 2.24) is 9.97 Å². The number of hydrogen-bond donors (Lipinski definition) is 0. The summed E-state index contributed by atoms with van der Waals surface area (Å²) in [5.74, 6) is 0.244. The first-order chi connectivity index (χ1) is 16.4. The van der Waals surface area contributed by atoms with Crippen LogP contribution < -0.4 is 9.64 Å². The van der Waals surface area contributed by atoms with Crippen LogP contribution >= 0.6 is 22.9 Å². The lowest BCUT2D eigenvalue weighted by atomic mass is 10.2. The van der Waals surface area contributed by atoms with E-state index in [4.69, 9.17) is 16.3 Å². The molecule has 4 aromatic rings. The van der Waals surface area contributed by atoms with Crippen LogP contribution in [0.4, 0.5) is 5.13 Å². The smallest absolute Gasteiger partial charge is 0.229 e. The zero-order chi connectivity index (χ0) is 24.1. The quantitative estimate of drug-likeness (QED) is 0.306. The third kappa shape index (κ3) is 5.72. The summed E-state index contributed by atoms with van der Waals surface area (Å²) < 4.78 is 31.3. The summed E-state index contributed by atoms with van der Waals surface area (Å²) in [4.78, 5) is 23.7. The van der Waals surface area contributed by atoms with E-state index < -0.39 is 9.84 Å². The predicted molar refractivity (Wildman–Crippen MR) is 134 cm³/mol. The van der Waals surface area contributed by atoms with Crippen molar-refractivity contribution in [1.29, 1.82) is 0 Å². The summed E-state index contributed by atoms with van der Waals surface area (Å²) in [5, 5.41) is 1.13. The number of pyridine rings is 1. The first kappa shape index (κ1) is 24.1. The number of halogens is 1. The molecule has 34 heavy (non-hydrogen) atoms. The lowest BCUT2D eigenvalue weighted by molar-refractivity contribution is -0.118. The molecule has 0 spiro atoms. The van der Waals surface area contributed by atoms with Gasteiger partial charge in [0.2, 0.25) is 5.91 Å². The molecular formula is C24H22ClN3O4S2. The van der Waals surface area contributed by atoms with Gasteiger partial charge in [0, 0.05) is 23.8 Å². The molecule has 0 atom stereocenters. The number of amides is 1.